The molecule has 0 atom stereocenters. The molecule has 0 bridgehead atoms. The van der Waals surface area contributed by atoms with Crippen LogP contribution in [-0.2, 0) is 6.54 Å². The molecule has 5 nitrogen and oxygen atoms in total. The summed E-state index contributed by atoms with van der Waals surface area (Å²) >= 11 is 1.54. The van der Waals surface area contributed by atoms with Crippen molar-refractivity contribution in [3.05, 3.63) is 87.0 Å². The van der Waals surface area contributed by atoms with E-state index in [2.05, 4.69) is 29.7 Å². The third-order valence-electron chi connectivity index (χ3n) is 4.45. The van der Waals surface area contributed by atoms with Gasteiger partial charge in [0.2, 0.25) is 0 Å². The van der Waals surface area contributed by atoms with Crippen LogP contribution in [0.5, 0.6) is 0 Å². The van der Waals surface area contributed by atoms with Gasteiger partial charge in [-0.2, -0.15) is 0 Å². The van der Waals surface area contributed by atoms with Crippen LogP contribution in [0, 0.1) is 10.1 Å². The minimum Gasteiger partial charge on any atom is -0.317 e. The average Bonchev–Trinajstić information content (AvgIpc) is 3.11. The minimum absolute atomic E-state index is 0.0916. The molecule has 0 amide bonds. The molecule has 4 rings (SSSR count). The molecule has 0 radical (unpaired) electrons. The van der Waals surface area contributed by atoms with E-state index < -0.39 is 0 Å². The van der Waals surface area contributed by atoms with Crippen LogP contribution in [0.2, 0.25) is 0 Å². The molecule has 0 saturated heterocycles. The summed E-state index contributed by atoms with van der Waals surface area (Å²) in [5.41, 5.74) is 2.77. The fourth-order valence-corrected chi connectivity index (χ4v) is 4.13. The van der Waals surface area contributed by atoms with Crippen LogP contribution in [0.3, 0.4) is 0 Å². The number of nitrogens with zero attached hydrogens (tertiary/aromatic N) is 3. The Kier molecular flexibility index (Phi) is 4.56. The maximum absolute atomic E-state index is 11.1. The van der Waals surface area contributed by atoms with Crippen LogP contribution in [-0.4, -0.2) is 9.49 Å². The van der Waals surface area contributed by atoms with E-state index in [0.717, 1.165) is 39.1 Å². The van der Waals surface area contributed by atoms with E-state index in [1.54, 1.807) is 12.1 Å². The van der Waals surface area contributed by atoms with Gasteiger partial charge in [-0.05, 0) is 18.4 Å². The zero-order valence-corrected chi connectivity index (χ0v) is 15.5. The number of benzene rings is 3. The Morgan fingerprint density at radius 3 is 2.67 bits per heavy atom. The van der Waals surface area contributed by atoms with Gasteiger partial charge in [0.1, 0.15) is 0 Å². The van der Waals surface area contributed by atoms with Crippen molar-refractivity contribution in [2.24, 2.45) is 4.99 Å². The summed E-state index contributed by atoms with van der Waals surface area (Å²) in [6, 6.07) is 21.0. The average molecular weight is 375 g/mol. The van der Waals surface area contributed by atoms with Crippen LogP contribution < -0.4 is 4.80 Å². The van der Waals surface area contributed by atoms with Crippen molar-refractivity contribution in [1.29, 1.82) is 0 Å². The van der Waals surface area contributed by atoms with Crippen molar-refractivity contribution in [2.75, 3.05) is 0 Å². The van der Waals surface area contributed by atoms with E-state index in [-0.39, 0.29) is 10.6 Å². The van der Waals surface area contributed by atoms with Gasteiger partial charge in [0.25, 0.3) is 5.69 Å². The van der Waals surface area contributed by atoms with Gasteiger partial charge in [-0.1, -0.05) is 48.5 Å². The molecule has 27 heavy (non-hydrogen) atoms. The van der Waals surface area contributed by atoms with Crippen molar-refractivity contribution in [3.8, 4) is 11.3 Å². The fraction of sp³-hybridized carbons (Fsp3) is 0.0952. The van der Waals surface area contributed by atoms with Gasteiger partial charge in [0, 0.05) is 35.0 Å². The molecule has 3 aromatic carbocycles. The number of thiazole rings is 1. The van der Waals surface area contributed by atoms with Gasteiger partial charge in [-0.3, -0.25) is 10.1 Å². The van der Waals surface area contributed by atoms with Gasteiger partial charge in [0.05, 0.1) is 16.3 Å². The Bertz CT molecular complexity index is 1200. The number of nitro benzene ring substituents is 1. The summed E-state index contributed by atoms with van der Waals surface area (Å²) in [6.45, 7) is 2.78. The zero-order chi connectivity index (χ0) is 18.8. The topological polar surface area (TPSA) is 60.4 Å². The summed E-state index contributed by atoms with van der Waals surface area (Å²) in [5.74, 6) is 0. The van der Waals surface area contributed by atoms with Crippen LogP contribution in [0.4, 0.5) is 11.4 Å². The molecule has 0 aliphatic carbocycles. The van der Waals surface area contributed by atoms with Crippen molar-refractivity contribution < 1.29 is 4.92 Å². The molecule has 0 spiro atoms. The molecule has 0 N–H and O–H groups in total. The SMILES string of the molecule is CCn1c(-c2cccc([N+](=O)[O-])c2)csc1=Nc1cccc2ccccc12. The highest BCUT2D eigenvalue weighted by atomic mass is 32.1. The number of aromatic nitrogens is 1. The van der Waals surface area contributed by atoms with Gasteiger partial charge in [-0.15, -0.1) is 11.3 Å². The lowest BCUT2D eigenvalue weighted by atomic mass is 10.1. The summed E-state index contributed by atoms with van der Waals surface area (Å²) in [5, 5.41) is 15.4. The summed E-state index contributed by atoms with van der Waals surface area (Å²) in [6.07, 6.45) is 0. The largest absolute Gasteiger partial charge is 0.317 e. The van der Waals surface area contributed by atoms with Crippen LogP contribution in [0.25, 0.3) is 22.0 Å². The second kappa shape index (κ2) is 7.17. The van der Waals surface area contributed by atoms with E-state index in [9.17, 15) is 10.1 Å². The molecule has 0 saturated carbocycles. The van der Waals surface area contributed by atoms with Crippen molar-refractivity contribution in [3.63, 3.8) is 0 Å². The molecule has 6 heteroatoms. The molecular weight excluding hydrogens is 358 g/mol. The first-order valence-electron chi connectivity index (χ1n) is 8.63. The Balaban J connectivity index is 1.87. The van der Waals surface area contributed by atoms with Crippen LogP contribution in [0.1, 0.15) is 6.92 Å². The quantitative estimate of drug-likeness (QED) is 0.348. The molecule has 0 aliphatic heterocycles. The lowest BCUT2D eigenvalue weighted by Gasteiger charge is -2.06. The van der Waals surface area contributed by atoms with Crippen LogP contribution in [0.15, 0.2) is 77.1 Å². The molecular formula is C21H17N3O2S. The van der Waals surface area contributed by atoms with Gasteiger partial charge < -0.3 is 4.57 Å². The monoisotopic (exact) mass is 375 g/mol. The van der Waals surface area contributed by atoms with Crippen molar-refractivity contribution >= 4 is 33.5 Å². The van der Waals surface area contributed by atoms with E-state index in [4.69, 9.17) is 4.99 Å². The fourth-order valence-electron chi connectivity index (χ4n) is 3.14. The molecule has 4 aromatic rings. The third kappa shape index (κ3) is 3.27. The standard InChI is InChI=1S/C21H17N3O2S/c1-2-23-20(16-9-5-10-17(13-16)24(25)26)14-27-21(23)22-19-12-6-8-15-7-3-4-11-18(15)19/h3-14H,2H2,1H3. The Hall–Kier alpha value is -3.25. The Labute approximate surface area is 160 Å². The lowest BCUT2D eigenvalue weighted by Crippen LogP contribution is -2.14. The minimum atomic E-state index is -0.368. The molecule has 0 aliphatic rings. The molecule has 1 heterocycles. The highest BCUT2D eigenvalue weighted by Crippen LogP contribution is 2.27. The van der Waals surface area contributed by atoms with E-state index >= 15 is 0 Å². The highest BCUT2D eigenvalue weighted by Gasteiger charge is 2.11. The number of rotatable bonds is 4. The van der Waals surface area contributed by atoms with Crippen molar-refractivity contribution in [2.45, 2.75) is 13.5 Å². The maximum Gasteiger partial charge on any atom is 0.270 e. The number of hydrogen-bond donors (Lipinski definition) is 0. The smallest absolute Gasteiger partial charge is 0.270 e. The molecule has 134 valence electrons. The normalized spacial score (nSPS) is 11.8. The number of fused-ring (bicyclic) bond motifs is 1. The first kappa shape index (κ1) is 17.2. The summed E-state index contributed by atoms with van der Waals surface area (Å²) in [7, 11) is 0. The molecule has 1 aromatic heterocycles. The van der Waals surface area contributed by atoms with E-state index in [1.807, 2.05) is 35.7 Å². The predicted octanol–water partition coefficient (Wildman–Crippen LogP) is 5.53. The molecule has 0 unspecified atom stereocenters. The van der Waals surface area contributed by atoms with E-state index in [1.165, 1.54) is 17.4 Å². The zero-order valence-electron chi connectivity index (χ0n) is 14.7. The highest BCUT2D eigenvalue weighted by molar-refractivity contribution is 7.07. The third-order valence-corrected chi connectivity index (χ3v) is 5.31. The number of nitro groups is 1. The first-order chi connectivity index (χ1) is 13.2. The van der Waals surface area contributed by atoms with Crippen molar-refractivity contribution in [1.82, 2.24) is 4.57 Å². The Morgan fingerprint density at radius 1 is 1.07 bits per heavy atom. The number of non-ortho nitro benzene ring substituents is 1. The molecule has 0 fully saturated rings. The second-order valence-electron chi connectivity index (χ2n) is 6.07. The van der Waals surface area contributed by atoms with Gasteiger partial charge >= 0.3 is 0 Å². The van der Waals surface area contributed by atoms with Gasteiger partial charge in [0.15, 0.2) is 4.80 Å². The lowest BCUT2D eigenvalue weighted by molar-refractivity contribution is -0.384. The van der Waals surface area contributed by atoms with Gasteiger partial charge in [-0.25, -0.2) is 4.99 Å². The maximum atomic E-state index is 11.1. The number of hydrogen-bond acceptors (Lipinski definition) is 4. The predicted molar refractivity (Wildman–Crippen MR) is 109 cm³/mol. The summed E-state index contributed by atoms with van der Waals surface area (Å²) in [4.78, 5) is 16.5. The van der Waals surface area contributed by atoms with E-state index in [0.29, 0.717) is 0 Å². The van der Waals surface area contributed by atoms with Crippen LogP contribution >= 0.6 is 11.3 Å². The second-order valence-corrected chi connectivity index (χ2v) is 6.90. The Morgan fingerprint density at radius 2 is 1.85 bits per heavy atom. The summed E-state index contributed by atoms with van der Waals surface area (Å²) < 4.78 is 2.09. The first-order valence-corrected chi connectivity index (χ1v) is 9.51.